The third-order valence-corrected chi connectivity index (χ3v) is 7.97. The first-order valence-corrected chi connectivity index (χ1v) is 15.4. The SMILES string of the molecule is C#CC1(C)C(OC(=O)C(C)C)C(COP(=O)(Oc2ccccc2)OC(C)C(=O)OCC(C)(C)C)OC1n1ccc(=O)[nH]c1=O. The molecule has 1 aliphatic heterocycles. The van der Waals surface area contributed by atoms with Gasteiger partial charge in [-0.25, -0.2) is 14.2 Å². The number of aromatic amines is 1. The van der Waals surface area contributed by atoms with Crippen molar-refractivity contribution >= 4 is 19.8 Å². The Balaban J connectivity index is 1.94. The lowest BCUT2D eigenvalue weighted by Crippen LogP contribution is -2.43. The zero-order valence-corrected chi connectivity index (χ0v) is 26.7. The molecule has 1 aromatic heterocycles. The van der Waals surface area contributed by atoms with Crippen molar-refractivity contribution in [2.24, 2.45) is 16.7 Å². The summed E-state index contributed by atoms with van der Waals surface area (Å²) in [6.07, 6.45) is 2.09. The number of terminal acetylenes is 1. The Hall–Kier alpha value is -3.69. The van der Waals surface area contributed by atoms with Gasteiger partial charge in [0, 0.05) is 12.3 Å². The molecule has 0 aliphatic carbocycles. The van der Waals surface area contributed by atoms with Crippen LogP contribution in [0, 0.1) is 29.1 Å². The molecular weight excluding hydrogens is 595 g/mol. The van der Waals surface area contributed by atoms with Crippen LogP contribution in [0.5, 0.6) is 5.75 Å². The molecule has 0 spiro atoms. The van der Waals surface area contributed by atoms with Crippen molar-refractivity contribution < 1.29 is 41.9 Å². The molecular formula is C30H39N2O11P. The van der Waals surface area contributed by atoms with E-state index in [-0.39, 0.29) is 17.8 Å². The van der Waals surface area contributed by atoms with E-state index in [2.05, 4.69) is 10.9 Å². The van der Waals surface area contributed by atoms with Crippen LogP contribution in [0.15, 0.2) is 52.2 Å². The first kappa shape index (κ1) is 34.8. The number of aromatic nitrogens is 2. The second kappa shape index (κ2) is 13.9. The summed E-state index contributed by atoms with van der Waals surface area (Å²) in [6, 6.07) is 9.10. The number of phosphoric ester groups is 1. The van der Waals surface area contributed by atoms with Crippen molar-refractivity contribution in [3.05, 3.63) is 63.4 Å². The van der Waals surface area contributed by atoms with Crippen LogP contribution in [-0.2, 0) is 37.4 Å². The minimum absolute atomic E-state index is 0.0826. The number of rotatable bonds is 12. The molecule has 44 heavy (non-hydrogen) atoms. The number of hydrogen-bond acceptors (Lipinski definition) is 11. The predicted octanol–water partition coefficient (Wildman–Crippen LogP) is 3.84. The van der Waals surface area contributed by atoms with Crippen molar-refractivity contribution in [2.75, 3.05) is 13.2 Å². The summed E-state index contributed by atoms with van der Waals surface area (Å²) in [4.78, 5) is 51.9. The summed E-state index contributed by atoms with van der Waals surface area (Å²) in [5, 5.41) is 0. The molecule has 14 heteroatoms. The smallest absolute Gasteiger partial charge is 0.463 e. The number of phosphoric acid groups is 1. The van der Waals surface area contributed by atoms with Crippen molar-refractivity contribution in [2.45, 2.75) is 73.0 Å². The van der Waals surface area contributed by atoms with Gasteiger partial charge in [0.15, 0.2) is 18.4 Å². The monoisotopic (exact) mass is 634 g/mol. The molecule has 2 aromatic rings. The number of hydrogen-bond donors (Lipinski definition) is 1. The van der Waals surface area contributed by atoms with Gasteiger partial charge in [-0.3, -0.25) is 28.2 Å². The van der Waals surface area contributed by atoms with E-state index >= 15 is 0 Å². The molecule has 1 aromatic carbocycles. The highest BCUT2D eigenvalue weighted by Crippen LogP contribution is 2.53. The van der Waals surface area contributed by atoms with E-state index in [0.29, 0.717) is 0 Å². The molecule has 1 fully saturated rings. The number of ether oxygens (including phenoxy) is 3. The first-order chi connectivity index (χ1) is 20.5. The number of carbonyl (C=O) groups excluding carboxylic acids is 2. The Morgan fingerprint density at radius 2 is 1.80 bits per heavy atom. The fourth-order valence-corrected chi connectivity index (χ4v) is 5.45. The van der Waals surface area contributed by atoms with E-state index in [1.807, 2.05) is 20.8 Å². The molecule has 0 bridgehead atoms. The van der Waals surface area contributed by atoms with E-state index in [0.717, 1.165) is 10.6 Å². The molecule has 3 rings (SSSR count). The largest absolute Gasteiger partial charge is 0.530 e. The average Bonchev–Trinajstić information content (AvgIpc) is 3.21. The zero-order chi connectivity index (χ0) is 32.9. The maximum atomic E-state index is 14.0. The van der Waals surface area contributed by atoms with E-state index in [1.54, 1.807) is 32.0 Å². The van der Waals surface area contributed by atoms with Crippen LogP contribution in [0.1, 0.15) is 54.7 Å². The van der Waals surface area contributed by atoms with Crippen LogP contribution in [-0.4, -0.2) is 53.0 Å². The fraction of sp³-hybridized carbons (Fsp3) is 0.533. The molecule has 2 heterocycles. The molecule has 13 nitrogen and oxygen atoms in total. The van der Waals surface area contributed by atoms with Crippen molar-refractivity contribution in [3.63, 3.8) is 0 Å². The second-order valence-corrected chi connectivity index (χ2v) is 13.6. The third kappa shape index (κ3) is 8.70. The highest BCUT2D eigenvalue weighted by atomic mass is 31.2. The molecule has 1 N–H and O–H groups in total. The Labute approximate surface area is 255 Å². The molecule has 240 valence electrons. The van der Waals surface area contributed by atoms with Gasteiger partial charge in [0.1, 0.15) is 17.3 Å². The van der Waals surface area contributed by atoms with E-state index in [4.69, 9.17) is 34.2 Å². The summed E-state index contributed by atoms with van der Waals surface area (Å²) in [5.74, 6) is 0.721. The molecule has 6 atom stereocenters. The van der Waals surface area contributed by atoms with Crippen LogP contribution >= 0.6 is 7.82 Å². The Kier molecular flexibility index (Phi) is 11.0. The lowest BCUT2D eigenvalue weighted by molar-refractivity contribution is -0.160. The number of benzene rings is 1. The van der Waals surface area contributed by atoms with Gasteiger partial charge >= 0.3 is 25.5 Å². The molecule has 0 radical (unpaired) electrons. The van der Waals surface area contributed by atoms with E-state index in [1.165, 1.54) is 32.2 Å². The number of esters is 2. The van der Waals surface area contributed by atoms with E-state index < -0.39 is 73.5 Å². The summed E-state index contributed by atoms with van der Waals surface area (Å²) in [5.41, 5.74) is -3.24. The van der Waals surface area contributed by atoms with Gasteiger partial charge in [0.25, 0.3) is 5.56 Å². The van der Waals surface area contributed by atoms with Gasteiger partial charge in [-0.2, -0.15) is 0 Å². The quantitative estimate of drug-likeness (QED) is 0.205. The topological polar surface area (TPSA) is 161 Å². The van der Waals surface area contributed by atoms with Gasteiger partial charge in [-0.15, -0.1) is 6.42 Å². The summed E-state index contributed by atoms with van der Waals surface area (Å²) in [7, 11) is -4.59. The van der Waals surface area contributed by atoms with Crippen molar-refractivity contribution in [3.8, 4) is 18.1 Å². The van der Waals surface area contributed by atoms with Crippen molar-refractivity contribution in [1.29, 1.82) is 0 Å². The second-order valence-electron chi connectivity index (χ2n) is 12.0. The Morgan fingerprint density at radius 1 is 1.14 bits per heavy atom. The van der Waals surface area contributed by atoms with Crippen LogP contribution in [0.25, 0.3) is 0 Å². The van der Waals surface area contributed by atoms with E-state index in [9.17, 15) is 23.7 Å². The number of H-pyrrole nitrogens is 1. The molecule has 1 saturated heterocycles. The highest BCUT2D eigenvalue weighted by Gasteiger charge is 2.57. The van der Waals surface area contributed by atoms with Crippen LogP contribution in [0.4, 0.5) is 0 Å². The first-order valence-electron chi connectivity index (χ1n) is 14.0. The highest BCUT2D eigenvalue weighted by molar-refractivity contribution is 7.49. The number of para-hydroxylation sites is 1. The van der Waals surface area contributed by atoms with Gasteiger partial charge in [0.05, 0.1) is 19.1 Å². The third-order valence-electron chi connectivity index (χ3n) is 6.50. The molecule has 0 saturated carbocycles. The summed E-state index contributed by atoms with van der Waals surface area (Å²) in [6.45, 7) is 11.3. The minimum Gasteiger partial charge on any atom is -0.463 e. The van der Waals surface area contributed by atoms with Crippen LogP contribution in [0.3, 0.4) is 0 Å². The predicted molar refractivity (Wildman–Crippen MR) is 158 cm³/mol. The Morgan fingerprint density at radius 3 is 2.36 bits per heavy atom. The normalized spacial score (nSPS) is 23.8. The molecule has 1 aliphatic rings. The Bertz CT molecular complexity index is 1520. The van der Waals surface area contributed by atoms with Crippen molar-refractivity contribution in [1.82, 2.24) is 9.55 Å². The fourth-order valence-electron chi connectivity index (χ4n) is 4.11. The average molecular weight is 635 g/mol. The molecule has 0 amide bonds. The maximum Gasteiger partial charge on any atom is 0.530 e. The number of carbonyl (C=O) groups is 2. The van der Waals surface area contributed by atoms with Gasteiger partial charge < -0.3 is 18.7 Å². The summed E-state index contributed by atoms with van der Waals surface area (Å²) >= 11 is 0. The number of nitrogens with zero attached hydrogens (tertiary/aromatic N) is 1. The van der Waals surface area contributed by atoms with Gasteiger partial charge in [0.2, 0.25) is 0 Å². The minimum atomic E-state index is -4.59. The van der Waals surface area contributed by atoms with Gasteiger partial charge in [-0.05, 0) is 31.4 Å². The summed E-state index contributed by atoms with van der Waals surface area (Å²) < 4.78 is 49.1. The van der Waals surface area contributed by atoms with Crippen LogP contribution < -0.4 is 15.8 Å². The lowest BCUT2D eigenvalue weighted by atomic mass is 9.83. The van der Waals surface area contributed by atoms with Gasteiger partial charge in [-0.1, -0.05) is 58.7 Å². The number of nitrogens with one attached hydrogen (secondary N) is 1. The maximum absolute atomic E-state index is 14.0. The standard InChI is InChI=1S/C30H39N2O11P/c1-9-30(8)24(41-25(34)19(2)3)22(40-27(30)32-16-15-23(33)31-28(32)36)17-39-44(37,43-21-13-11-10-12-14-21)42-20(4)26(35)38-18-29(5,6)7/h1,10-16,19-20,22,24,27H,17-18H2,2-8H3,(H,31,33,36). The van der Waals surface area contributed by atoms with Crippen LogP contribution in [0.2, 0.25) is 0 Å². The lowest BCUT2D eigenvalue weighted by Gasteiger charge is -2.31. The molecule has 6 unspecified atom stereocenters. The zero-order valence-electron chi connectivity index (χ0n) is 25.8.